The van der Waals surface area contributed by atoms with Crippen LogP contribution in [0, 0.1) is 0 Å². The minimum absolute atomic E-state index is 0.0306. The van der Waals surface area contributed by atoms with Crippen molar-refractivity contribution in [3.8, 4) is 0 Å². The first kappa shape index (κ1) is 12.7. The van der Waals surface area contributed by atoms with Crippen LogP contribution in [0.3, 0.4) is 0 Å². The molecule has 0 aliphatic carbocycles. The van der Waals surface area contributed by atoms with Gasteiger partial charge in [-0.1, -0.05) is 23.4 Å². The van der Waals surface area contributed by atoms with E-state index in [0.717, 1.165) is 5.56 Å². The van der Waals surface area contributed by atoms with Crippen molar-refractivity contribution in [1.82, 2.24) is 5.32 Å². The maximum absolute atomic E-state index is 11.7. The van der Waals surface area contributed by atoms with E-state index in [1.54, 1.807) is 24.3 Å². The molecule has 0 radical (unpaired) electrons. The van der Waals surface area contributed by atoms with Crippen molar-refractivity contribution in [2.24, 2.45) is 10.9 Å². The first-order valence-electron chi connectivity index (χ1n) is 5.58. The Hall–Kier alpha value is -2.76. The highest BCUT2D eigenvalue weighted by Gasteiger charge is 2.06. The predicted molar refractivity (Wildman–Crippen MR) is 68.8 cm³/mol. The number of hydrogen-bond acceptors (Lipinski definition) is 4. The van der Waals surface area contributed by atoms with Crippen LogP contribution in [0.5, 0.6) is 0 Å². The van der Waals surface area contributed by atoms with Crippen LogP contribution in [0.25, 0.3) is 0 Å². The monoisotopic (exact) mass is 259 g/mol. The Balaban J connectivity index is 2.02. The molecule has 2 aromatic rings. The van der Waals surface area contributed by atoms with E-state index in [-0.39, 0.29) is 11.7 Å². The van der Waals surface area contributed by atoms with Crippen molar-refractivity contribution < 1.29 is 14.4 Å². The zero-order chi connectivity index (χ0) is 13.7. The first-order valence-corrected chi connectivity index (χ1v) is 5.58. The van der Waals surface area contributed by atoms with Crippen molar-refractivity contribution in [3.05, 3.63) is 59.5 Å². The topological polar surface area (TPSA) is 101 Å². The van der Waals surface area contributed by atoms with Crippen LogP contribution in [0.15, 0.2) is 52.4 Å². The third-order valence-electron chi connectivity index (χ3n) is 2.57. The van der Waals surface area contributed by atoms with Gasteiger partial charge in [0.15, 0.2) is 5.84 Å². The largest absolute Gasteiger partial charge is 0.472 e. The van der Waals surface area contributed by atoms with Gasteiger partial charge in [-0.15, -0.1) is 0 Å². The van der Waals surface area contributed by atoms with Crippen LogP contribution in [0.4, 0.5) is 0 Å². The number of furan rings is 1. The molecule has 0 saturated heterocycles. The van der Waals surface area contributed by atoms with Crippen molar-refractivity contribution >= 4 is 11.7 Å². The van der Waals surface area contributed by atoms with Gasteiger partial charge in [-0.3, -0.25) is 4.79 Å². The SMILES string of the molecule is NC(=NO)c1cccc(CNC(=O)c2ccoc2)c1. The van der Waals surface area contributed by atoms with Crippen LogP contribution in [0.1, 0.15) is 21.5 Å². The summed E-state index contributed by atoms with van der Waals surface area (Å²) >= 11 is 0. The van der Waals surface area contributed by atoms with Gasteiger partial charge in [-0.25, -0.2) is 0 Å². The van der Waals surface area contributed by atoms with Gasteiger partial charge in [0.2, 0.25) is 0 Å². The van der Waals surface area contributed by atoms with E-state index in [0.29, 0.717) is 17.7 Å². The number of rotatable bonds is 4. The van der Waals surface area contributed by atoms with Gasteiger partial charge >= 0.3 is 0 Å². The first-order chi connectivity index (χ1) is 9.20. The average Bonchev–Trinajstić information content (AvgIpc) is 2.98. The molecule has 0 aliphatic rings. The summed E-state index contributed by atoms with van der Waals surface area (Å²) < 4.78 is 4.83. The van der Waals surface area contributed by atoms with E-state index >= 15 is 0 Å². The third-order valence-corrected chi connectivity index (χ3v) is 2.57. The smallest absolute Gasteiger partial charge is 0.254 e. The molecular formula is C13H13N3O3. The highest BCUT2D eigenvalue weighted by molar-refractivity contribution is 5.97. The molecule has 0 bridgehead atoms. The lowest BCUT2D eigenvalue weighted by Crippen LogP contribution is -2.22. The van der Waals surface area contributed by atoms with E-state index < -0.39 is 0 Å². The van der Waals surface area contributed by atoms with Crippen molar-refractivity contribution in [2.45, 2.75) is 6.54 Å². The highest BCUT2D eigenvalue weighted by atomic mass is 16.4. The fraction of sp³-hybridized carbons (Fsp3) is 0.0769. The molecule has 2 rings (SSSR count). The number of carbonyl (C=O) groups excluding carboxylic acids is 1. The minimum Gasteiger partial charge on any atom is -0.472 e. The minimum atomic E-state index is -0.219. The number of hydrogen-bond donors (Lipinski definition) is 3. The number of amidine groups is 1. The average molecular weight is 259 g/mol. The lowest BCUT2D eigenvalue weighted by molar-refractivity contribution is 0.0950. The second-order valence-corrected chi connectivity index (χ2v) is 3.88. The Bertz CT molecular complexity index is 591. The van der Waals surface area contributed by atoms with E-state index in [1.807, 2.05) is 6.07 Å². The molecule has 1 heterocycles. The van der Waals surface area contributed by atoms with Crippen LogP contribution in [0.2, 0.25) is 0 Å². The van der Waals surface area contributed by atoms with Crippen molar-refractivity contribution in [2.75, 3.05) is 0 Å². The second kappa shape index (κ2) is 5.72. The summed E-state index contributed by atoms with van der Waals surface area (Å²) in [5.41, 5.74) is 7.40. The van der Waals surface area contributed by atoms with Gasteiger partial charge in [0.05, 0.1) is 11.8 Å². The summed E-state index contributed by atoms with van der Waals surface area (Å²) in [7, 11) is 0. The van der Waals surface area contributed by atoms with Gasteiger partial charge in [-0.05, 0) is 17.7 Å². The summed E-state index contributed by atoms with van der Waals surface area (Å²) in [6.07, 6.45) is 2.82. The van der Waals surface area contributed by atoms with Gasteiger partial charge < -0.3 is 20.7 Å². The Labute approximate surface area is 109 Å². The fourth-order valence-electron chi connectivity index (χ4n) is 1.58. The molecule has 0 saturated carbocycles. The normalized spacial score (nSPS) is 11.3. The van der Waals surface area contributed by atoms with E-state index in [9.17, 15) is 4.79 Å². The Kier molecular flexibility index (Phi) is 3.82. The molecule has 1 aromatic carbocycles. The molecule has 19 heavy (non-hydrogen) atoms. The molecule has 0 fully saturated rings. The van der Waals surface area contributed by atoms with Crippen LogP contribution >= 0.6 is 0 Å². The molecule has 0 atom stereocenters. The maximum atomic E-state index is 11.7. The van der Waals surface area contributed by atoms with Crippen molar-refractivity contribution in [1.29, 1.82) is 0 Å². The number of nitrogens with one attached hydrogen (secondary N) is 1. The lowest BCUT2D eigenvalue weighted by Gasteiger charge is -2.05. The van der Waals surface area contributed by atoms with E-state index in [1.165, 1.54) is 12.5 Å². The van der Waals surface area contributed by atoms with E-state index in [2.05, 4.69) is 10.5 Å². The zero-order valence-corrected chi connectivity index (χ0v) is 10.0. The number of benzene rings is 1. The quantitative estimate of drug-likeness (QED) is 0.333. The Morgan fingerprint density at radius 1 is 1.37 bits per heavy atom. The lowest BCUT2D eigenvalue weighted by atomic mass is 10.1. The number of carbonyl (C=O) groups is 1. The second-order valence-electron chi connectivity index (χ2n) is 3.88. The molecule has 0 unspecified atom stereocenters. The number of amides is 1. The molecule has 6 nitrogen and oxygen atoms in total. The zero-order valence-electron chi connectivity index (χ0n) is 10.0. The fourth-order valence-corrected chi connectivity index (χ4v) is 1.58. The Morgan fingerprint density at radius 3 is 2.89 bits per heavy atom. The van der Waals surface area contributed by atoms with E-state index in [4.69, 9.17) is 15.4 Å². The summed E-state index contributed by atoms with van der Waals surface area (Å²) in [5, 5.41) is 14.3. The van der Waals surface area contributed by atoms with Gasteiger partial charge in [-0.2, -0.15) is 0 Å². The molecule has 1 aromatic heterocycles. The molecule has 1 amide bonds. The summed E-state index contributed by atoms with van der Waals surface area (Å²) in [5.74, 6) is -0.189. The van der Waals surface area contributed by atoms with Crippen LogP contribution in [-0.2, 0) is 6.54 Å². The molecule has 98 valence electrons. The Morgan fingerprint density at radius 2 is 2.21 bits per heavy atom. The number of oxime groups is 1. The summed E-state index contributed by atoms with van der Waals surface area (Å²) in [6, 6.07) is 8.65. The van der Waals surface area contributed by atoms with Gasteiger partial charge in [0, 0.05) is 12.1 Å². The summed E-state index contributed by atoms with van der Waals surface area (Å²) in [6.45, 7) is 0.344. The third kappa shape index (κ3) is 3.12. The summed E-state index contributed by atoms with van der Waals surface area (Å²) in [4.78, 5) is 11.7. The predicted octanol–water partition coefficient (Wildman–Crippen LogP) is 1.30. The van der Waals surface area contributed by atoms with Crippen molar-refractivity contribution in [3.63, 3.8) is 0 Å². The van der Waals surface area contributed by atoms with Crippen LogP contribution in [-0.4, -0.2) is 17.0 Å². The molecule has 4 N–H and O–H groups in total. The molecule has 0 spiro atoms. The van der Waals surface area contributed by atoms with Crippen LogP contribution < -0.4 is 11.1 Å². The molecular weight excluding hydrogens is 246 g/mol. The van der Waals surface area contributed by atoms with Gasteiger partial charge in [0.1, 0.15) is 6.26 Å². The standard InChI is InChI=1S/C13H13N3O3/c14-12(16-18)10-3-1-2-9(6-10)7-15-13(17)11-4-5-19-8-11/h1-6,8,18H,7H2,(H2,14,16)(H,15,17). The molecule has 6 heteroatoms. The highest BCUT2D eigenvalue weighted by Crippen LogP contribution is 2.06. The number of nitrogens with two attached hydrogens (primary N) is 1. The maximum Gasteiger partial charge on any atom is 0.254 e. The van der Waals surface area contributed by atoms with Gasteiger partial charge in [0.25, 0.3) is 5.91 Å². The molecule has 0 aliphatic heterocycles. The number of nitrogens with zero attached hydrogens (tertiary/aromatic N) is 1.